The van der Waals surface area contributed by atoms with Crippen molar-refractivity contribution in [3.05, 3.63) is 0 Å². The zero-order chi connectivity index (χ0) is 8.53. The molecule has 0 radical (unpaired) electrons. The maximum absolute atomic E-state index is 5.44. The number of hydrogen-bond acceptors (Lipinski definition) is 2. The molecule has 0 saturated heterocycles. The highest BCUT2D eigenvalue weighted by atomic mass is 15.1. The van der Waals surface area contributed by atoms with Crippen LogP contribution in [0.3, 0.4) is 0 Å². The molecule has 0 atom stereocenters. The topological polar surface area (TPSA) is 29.3 Å². The quantitative estimate of drug-likeness (QED) is 0.608. The van der Waals surface area contributed by atoms with Crippen LogP contribution in [0.25, 0.3) is 0 Å². The Balaban J connectivity index is 3.34. The lowest BCUT2D eigenvalue weighted by Gasteiger charge is -2.19. The van der Waals surface area contributed by atoms with Gasteiger partial charge in [-0.25, -0.2) is 0 Å². The maximum atomic E-state index is 5.44. The van der Waals surface area contributed by atoms with Gasteiger partial charge in [-0.05, 0) is 45.4 Å². The van der Waals surface area contributed by atoms with E-state index in [9.17, 15) is 0 Å². The number of nitrogens with zero attached hydrogens (tertiary/aromatic N) is 1. The van der Waals surface area contributed by atoms with Gasteiger partial charge >= 0.3 is 0 Å². The molecule has 0 bridgehead atoms. The average Bonchev–Trinajstić information content (AvgIpc) is 2.01. The molecule has 11 heavy (non-hydrogen) atoms. The van der Waals surface area contributed by atoms with Gasteiger partial charge in [0.15, 0.2) is 0 Å². The predicted octanol–water partition coefficient (Wildman–Crippen LogP) is 1.46. The lowest BCUT2D eigenvalue weighted by Crippen LogP contribution is -2.27. The van der Waals surface area contributed by atoms with Gasteiger partial charge < -0.3 is 10.6 Å². The van der Waals surface area contributed by atoms with E-state index in [0.717, 1.165) is 13.0 Å². The van der Waals surface area contributed by atoms with Gasteiger partial charge in [0.1, 0.15) is 0 Å². The summed E-state index contributed by atoms with van der Waals surface area (Å²) in [5, 5.41) is 0. The molecule has 0 rings (SSSR count). The first kappa shape index (κ1) is 10.9. The number of nitrogens with two attached hydrogens (primary N) is 1. The molecule has 0 aliphatic carbocycles. The van der Waals surface area contributed by atoms with E-state index in [1.54, 1.807) is 0 Å². The van der Waals surface area contributed by atoms with Crippen LogP contribution in [0.4, 0.5) is 0 Å². The first-order chi connectivity index (χ1) is 5.35. The highest BCUT2D eigenvalue weighted by Gasteiger charge is 1.99. The summed E-state index contributed by atoms with van der Waals surface area (Å²) in [6, 6.07) is 0. The Morgan fingerprint density at radius 1 is 1.00 bits per heavy atom. The predicted molar refractivity (Wildman–Crippen MR) is 50.7 cm³/mol. The van der Waals surface area contributed by atoms with Gasteiger partial charge in [-0.2, -0.15) is 0 Å². The first-order valence-corrected chi connectivity index (χ1v) is 4.77. The van der Waals surface area contributed by atoms with E-state index in [-0.39, 0.29) is 0 Å². The molecule has 2 nitrogen and oxygen atoms in total. The highest BCUT2D eigenvalue weighted by molar-refractivity contribution is 4.55. The second kappa shape index (κ2) is 8.02. The molecule has 68 valence electrons. The standard InChI is InChI=1S/C9H22N2/c1-3-7-11(8-4-2)9-5-6-10/h3-10H2,1-2H3. The smallest absolute Gasteiger partial charge is 0.000672 e. The van der Waals surface area contributed by atoms with Gasteiger partial charge in [-0.3, -0.25) is 0 Å². The lowest BCUT2D eigenvalue weighted by atomic mass is 10.3. The molecule has 0 amide bonds. The SMILES string of the molecule is CCCN(CCC)CCCN. The van der Waals surface area contributed by atoms with Crippen LogP contribution < -0.4 is 5.73 Å². The van der Waals surface area contributed by atoms with E-state index in [0.29, 0.717) is 0 Å². The van der Waals surface area contributed by atoms with Crippen LogP contribution >= 0.6 is 0 Å². The third-order valence-electron chi connectivity index (χ3n) is 1.76. The largest absolute Gasteiger partial charge is 0.330 e. The minimum absolute atomic E-state index is 0.823. The Hall–Kier alpha value is -0.0800. The van der Waals surface area contributed by atoms with Gasteiger partial charge in [0.2, 0.25) is 0 Å². The summed E-state index contributed by atoms with van der Waals surface area (Å²) in [4.78, 5) is 2.49. The summed E-state index contributed by atoms with van der Waals surface area (Å²) in [5.41, 5.74) is 5.44. The lowest BCUT2D eigenvalue weighted by molar-refractivity contribution is 0.273. The van der Waals surface area contributed by atoms with E-state index in [2.05, 4.69) is 18.7 Å². The van der Waals surface area contributed by atoms with Crippen LogP contribution in [0.5, 0.6) is 0 Å². The third kappa shape index (κ3) is 6.32. The van der Waals surface area contributed by atoms with Gasteiger partial charge in [0, 0.05) is 0 Å². The van der Waals surface area contributed by atoms with Crippen molar-refractivity contribution in [2.24, 2.45) is 5.73 Å². The fraction of sp³-hybridized carbons (Fsp3) is 1.00. The minimum Gasteiger partial charge on any atom is -0.330 e. The van der Waals surface area contributed by atoms with E-state index in [1.165, 1.54) is 32.5 Å². The third-order valence-corrected chi connectivity index (χ3v) is 1.76. The molecule has 0 spiro atoms. The van der Waals surface area contributed by atoms with E-state index < -0.39 is 0 Å². The van der Waals surface area contributed by atoms with Gasteiger partial charge in [0.05, 0.1) is 0 Å². The maximum Gasteiger partial charge on any atom is -0.000672 e. The summed E-state index contributed by atoms with van der Waals surface area (Å²) in [5.74, 6) is 0. The summed E-state index contributed by atoms with van der Waals surface area (Å²) >= 11 is 0. The van der Waals surface area contributed by atoms with Crippen LogP contribution in [-0.4, -0.2) is 31.1 Å². The molecule has 2 N–H and O–H groups in total. The fourth-order valence-electron chi connectivity index (χ4n) is 1.28. The Kier molecular flexibility index (Phi) is 7.96. The Morgan fingerprint density at radius 3 is 1.91 bits per heavy atom. The van der Waals surface area contributed by atoms with E-state index in [1.807, 2.05) is 0 Å². The zero-order valence-electron chi connectivity index (χ0n) is 7.97. The van der Waals surface area contributed by atoms with Crippen molar-refractivity contribution in [2.75, 3.05) is 26.2 Å². The Morgan fingerprint density at radius 2 is 1.55 bits per heavy atom. The minimum atomic E-state index is 0.823. The molecular weight excluding hydrogens is 136 g/mol. The van der Waals surface area contributed by atoms with Crippen molar-refractivity contribution < 1.29 is 0 Å². The van der Waals surface area contributed by atoms with Crippen molar-refractivity contribution in [1.29, 1.82) is 0 Å². The van der Waals surface area contributed by atoms with Crippen molar-refractivity contribution in [3.63, 3.8) is 0 Å². The molecule has 0 fully saturated rings. The molecule has 0 aromatic rings. The summed E-state index contributed by atoms with van der Waals surface area (Å²) in [6.45, 7) is 8.92. The van der Waals surface area contributed by atoms with Crippen LogP contribution in [-0.2, 0) is 0 Å². The monoisotopic (exact) mass is 158 g/mol. The summed E-state index contributed by atoms with van der Waals surface area (Å²) in [7, 11) is 0. The molecule has 0 aromatic carbocycles. The molecule has 0 aliphatic rings. The molecule has 0 saturated carbocycles. The normalized spacial score (nSPS) is 10.9. The number of hydrogen-bond donors (Lipinski definition) is 1. The average molecular weight is 158 g/mol. The molecule has 0 unspecified atom stereocenters. The van der Waals surface area contributed by atoms with Crippen molar-refractivity contribution >= 4 is 0 Å². The van der Waals surface area contributed by atoms with Crippen molar-refractivity contribution in [2.45, 2.75) is 33.1 Å². The zero-order valence-corrected chi connectivity index (χ0v) is 7.97. The van der Waals surface area contributed by atoms with E-state index >= 15 is 0 Å². The van der Waals surface area contributed by atoms with Crippen LogP contribution in [0.15, 0.2) is 0 Å². The molecule has 0 aromatic heterocycles. The highest BCUT2D eigenvalue weighted by Crippen LogP contribution is 1.94. The molecular formula is C9H22N2. The summed E-state index contributed by atoms with van der Waals surface area (Å²) in [6.07, 6.45) is 3.65. The van der Waals surface area contributed by atoms with Gasteiger partial charge in [-0.1, -0.05) is 13.8 Å². The Bertz CT molecular complexity index is 68.0. The first-order valence-electron chi connectivity index (χ1n) is 4.77. The molecule has 0 heterocycles. The van der Waals surface area contributed by atoms with Gasteiger partial charge in [0.25, 0.3) is 0 Å². The number of rotatable bonds is 7. The fourth-order valence-corrected chi connectivity index (χ4v) is 1.28. The summed E-state index contributed by atoms with van der Waals surface area (Å²) < 4.78 is 0. The van der Waals surface area contributed by atoms with Crippen LogP contribution in [0.2, 0.25) is 0 Å². The second-order valence-electron chi connectivity index (χ2n) is 2.98. The van der Waals surface area contributed by atoms with E-state index in [4.69, 9.17) is 5.73 Å². The Labute approximate surface area is 70.8 Å². The second-order valence-corrected chi connectivity index (χ2v) is 2.98. The molecule has 2 heteroatoms. The van der Waals surface area contributed by atoms with Gasteiger partial charge in [-0.15, -0.1) is 0 Å². The molecule has 0 aliphatic heterocycles. The van der Waals surface area contributed by atoms with Crippen LogP contribution in [0, 0.1) is 0 Å². The van der Waals surface area contributed by atoms with Crippen molar-refractivity contribution in [1.82, 2.24) is 4.90 Å². The van der Waals surface area contributed by atoms with Crippen molar-refractivity contribution in [3.8, 4) is 0 Å². The van der Waals surface area contributed by atoms with Crippen LogP contribution in [0.1, 0.15) is 33.1 Å².